The molecule has 0 spiro atoms. The van der Waals surface area contributed by atoms with Crippen LogP contribution in [0.5, 0.6) is 0 Å². The zero-order chi connectivity index (χ0) is 29.4. The minimum Gasteiger partial charge on any atom is -0.366 e. The van der Waals surface area contributed by atoms with E-state index in [0.29, 0.717) is 18.1 Å². The van der Waals surface area contributed by atoms with Crippen LogP contribution >= 0.6 is 0 Å². The van der Waals surface area contributed by atoms with Gasteiger partial charge in [-0.15, -0.1) is 35.4 Å². The molecule has 0 aliphatic heterocycles. The molecule has 0 radical (unpaired) electrons. The smallest absolute Gasteiger partial charge is 0.366 e. The molecule has 45 heavy (non-hydrogen) atoms. The van der Waals surface area contributed by atoms with Crippen LogP contribution in [0, 0.1) is 24.7 Å². The van der Waals surface area contributed by atoms with Crippen LogP contribution in [0.25, 0.3) is 22.3 Å². The van der Waals surface area contributed by atoms with Crippen molar-refractivity contribution >= 4 is 0 Å². The molecule has 0 saturated heterocycles. The number of hydrogen-bond acceptors (Lipinski definition) is 6. The van der Waals surface area contributed by atoms with Crippen molar-refractivity contribution < 1.29 is 44.8 Å². The summed E-state index contributed by atoms with van der Waals surface area (Å²) >= 11 is 0. The van der Waals surface area contributed by atoms with Gasteiger partial charge >= 0.3 is 44.8 Å². The molecule has 6 aromatic rings. The Bertz CT molecular complexity index is 1950. The van der Waals surface area contributed by atoms with Gasteiger partial charge in [0.15, 0.2) is 0 Å². The van der Waals surface area contributed by atoms with Crippen LogP contribution in [0.3, 0.4) is 0 Å². The monoisotopic (exact) mass is 946 g/mol. The first-order valence-corrected chi connectivity index (χ1v) is 13.7. The number of nitrogens with zero attached hydrogens (tertiary/aromatic N) is 6. The summed E-state index contributed by atoms with van der Waals surface area (Å²) in [7, 11) is 0. The van der Waals surface area contributed by atoms with Crippen molar-refractivity contribution in [3.8, 4) is 34.1 Å². The molecule has 224 valence electrons. The summed E-state index contributed by atoms with van der Waals surface area (Å²) in [5.41, 5.74) is 12.4. The second-order valence-corrected chi connectivity index (χ2v) is 9.95. The molecular formula is C37H24Au2N6. The molecule has 4 aromatic carbocycles. The third kappa shape index (κ3) is 7.97. The van der Waals surface area contributed by atoms with E-state index < -0.39 is 0 Å². The fourth-order valence-corrected chi connectivity index (χ4v) is 5.27. The molecule has 0 bridgehead atoms. The summed E-state index contributed by atoms with van der Waals surface area (Å²) in [6.07, 6.45) is 22.6. The van der Waals surface area contributed by atoms with E-state index in [1.165, 1.54) is 69.8 Å². The molecule has 2 heterocycles. The predicted octanol–water partition coefficient (Wildman–Crippen LogP) is 6.03. The fraction of sp³-hybridized carbons (Fsp3) is 0.0811. The Labute approximate surface area is 294 Å². The molecule has 0 N–H and O–H groups in total. The Kier molecular flexibility index (Phi) is 11.9. The van der Waals surface area contributed by atoms with Gasteiger partial charge in [0.05, 0.1) is 6.42 Å². The average molecular weight is 947 g/mol. The summed E-state index contributed by atoms with van der Waals surface area (Å²) in [5.74, 6) is 6.18. The first-order chi connectivity index (χ1) is 21.2. The third-order valence-corrected chi connectivity index (χ3v) is 7.29. The second kappa shape index (κ2) is 16.0. The molecule has 0 atom stereocenters. The number of benzene rings is 4. The molecule has 2 aromatic heterocycles. The van der Waals surface area contributed by atoms with Crippen molar-refractivity contribution in [2.45, 2.75) is 19.3 Å². The Morgan fingerprint density at radius 3 is 1.51 bits per heavy atom. The SMILES string of the molecule is [Au+].[Au+].[C-]#Cc1ccc2c(c1)-c1ccccc1C2.[C-]#Cc1ccc2c(c1)Cc1ccccc1-2.c1ncnc(Cc2ncncn2)n1. The average Bonchev–Trinajstić information content (AvgIpc) is 3.63. The van der Waals surface area contributed by atoms with Crippen LogP contribution in [0.15, 0.2) is 110 Å². The number of rotatable bonds is 2. The fourth-order valence-electron chi connectivity index (χ4n) is 5.27. The Morgan fingerprint density at radius 1 is 0.489 bits per heavy atom. The van der Waals surface area contributed by atoms with Crippen LogP contribution < -0.4 is 0 Å². The molecule has 8 heteroatoms. The number of aromatic nitrogens is 6. The minimum absolute atomic E-state index is 0. The largest absolute Gasteiger partial charge is 1.00 e. The summed E-state index contributed by atoms with van der Waals surface area (Å²) < 4.78 is 0. The first-order valence-electron chi connectivity index (χ1n) is 13.7. The number of fused-ring (bicyclic) bond motifs is 6. The maximum atomic E-state index is 7.14. The minimum atomic E-state index is 0. The van der Waals surface area contributed by atoms with Gasteiger partial charge in [0.2, 0.25) is 0 Å². The molecular weight excluding hydrogens is 922 g/mol. The van der Waals surface area contributed by atoms with Crippen molar-refractivity contribution in [2.75, 3.05) is 0 Å². The molecule has 0 amide bonds. The topological polar surface area (TPSA) is 77.3 Å². The van der Waals surface area contributed by atoms with Gasteiger partial charge in [-0.25, -0.2) is 29.9 Å². The standard InChI is InChI=1S/2C15H9.C7H6N6.2Au/c1-2-11-7-8-15-13(9-11)10-12-5-3-4-6-14(12)15;1-2-11-7-8-13-10-12-5-3-4-6-14(12)15(13)9-11;1(6-10-2-8-3-11-6)7-12-4-9-5-13-7;;/h2*3-9H,10H2;2-5H,1H2;;/q2*-1;;2*+1. The van der Waals surface area contributed by atoms with Crippen LogP contribution in [-0.2, 0) is 64.0 Å². The predicted molar refractivity (Wildman–Crippen MR) is 164 cm³/mol. The van der Waals surface area contributed by atoms with E-state index in [1.54, 1.807) is 0 Å². The third-order valence-electron chi connectivity index (χ3n) is 7.29. The zero-order valence-electron chi connectivity index (χ0n) is 23.8. The quantitative estimate of drug-likeness (QED) is 0.120. The van der Waals surface area contributed by atoms with Gasteiger partial charge in [-0.3, -0.25) is 11.8 Å². The molecule has 2 aliphatic rings. The molecule has 0 fully saturated rings. The van der Waals surface area contributed by atoms with E-state index >= 15 is 0 Å². The van der Waals surface area contributed by atoms with Crippen molar-refractivity contribution in [3.05, 3.63) is 168 Å². The van der Waals surface area contributed by atoms with Crippen LogP contribution in [0.1, 0.15) is 45.0 Å². The van der Waals surface area contributed by atoms with Gasteiger partial charge in [0.25, 0.3) is 0 Å². The van der Waals surface area contributed by atoms with Crippen molar-refractivity contribution in [2.24, 2.45) is 0 Å². The summed E-state index contributed by atoms with van der Waals surface area (Å²) in [6.45, 7) is 0. The number of hydrogen-bond donors (Lipinski definition) is 0. The van der Waals surface area contributed by atoms with Crippen molar-refractivity contribution in [3.63, 3.8) is 0 Å². The Morgan fingerprint density at radius 2 is 0.933 bits per heavy atom. The van der Waals surface area contributed by atoms with E-state index in [4.69, 9.17) is 12.8 Å². The summed E-state index contributed by atoms with van der Waals surface area (Å²) in [6, 6.07) is 29.2. The first kappa shape index (κ1) is 33.4. The van der Waals surface area contributed by atoms with Gasteiger partial charge < -0.3 is 12.8 Å². The van der Waals surface area contributed by atoms with E-state index in [2.05, 4.69) is 108 Å². The van der Waals surface area contributed by atoms with E-state index in [1.807, 2.05) is 18.2 Å². The van der Waals surface area contributed by atoms with Crippen LogP contribution in [0.4, 0.5) is 0 Å². The van der Waals surface area contributed by atoms with E-state index in [9.17, 15) is 0 Å². The Hall–Kier alpha value is -4.50. The molecule has 2 aliphatic carbocycles. The molecule has 6 nitrogen and oxygen atoms in total. The normalized spacial score (nSPS) is 10.6. The van der Waals surface area contributed by atoms with Crippen molar-refractivity contribution in [1.29, 1.82) is 0 Å². The van der Waals surface area contributed by atoms with E-state index in [0.717, 1.165) is 24.0 Å². The van der Waals surface area contributed by atoms with Gasteiger partial charge in [-0.1, -0.05) is 66.2 Å². The van der Waals surface area contributed by atoms with Crippen molar-refractivity contribution in [1.82, 2.24) is 29.9 Å². The maximum absolute atomic E-state index is 7.14. The second-order valence-electron chi connectivity index (χ2n) is 9.95. The summed E-state index contributed by atoms with van der Waals surface area (Å²) in [4.78, 5) is 23.2. The van der Waals surface area contributed by atoms with Crippen LogP contribution in [0.2, 0.25) is 0 Å². The van der Waals surface area contributed by atoms with E-state index in [-0.39, 0.29) is 44.8 Å². The maximum Gasteiger partial charge on any atom is 1.00 e. The van der Waals surface area contributed by atoms with Gasteiger partial charge in [0, 0.05) is 0 Å². The molecule has 0 unspecified atom stereocenters. The van der Waals surface area contributed by atoms with Crippen LogP contribution in [-0.4, -0.2) is 29.9 Å². The Balaban J connectivity index is 0.000000151. The molecule has 0 saturated carbocycles. The van der Waals surface area contributed by atoms with Gasteiger partial charge in [-0.2, -0.15) is 0 Å². The zero-order valence-corrected chi connectivity index (χ0v) is 28.1. The summed E-state index contributed by atoms with van der Waals surface area (Å²) in [5, 5.41) is 0. The molecule has 8 rings (SSSR count). The van der Waals surface area contributed by atoms with Gasteiger partial charge in [-0.05, 0) is 51.8 Å². The van der Waals surface area contributed by atoms with Gasteiger partial charge in [0.1, 0.15) is 37.0 Å².